The molecule has 3 N–H and O–H groups in total. The summed E-state index contributed by atoms with van der Waals surface area (Å²) in [6.07, 6.45) is 3.50. The highest BCUT2D eigenvalue weighted by Gasteiger charge is 2.32. The van der Waals surface area contributed by atoms with E-state index in [1.807, 2.05) is 0 Å². The van der Waals surface area contributed by atoms with Gasteiger partial charge in [0.2, 0.25) is 0 Å². The zero-order valence-corrected chi connectivity index (χ0v) is 13.7. The smallest absolute Gasteiger partial charge is 0.126 e. The van der Waals surface area contributed by atoms with Gasteiger partial charge < -0.3 is 15.2 Å². The lowest BCUT2D eigenvalue weighted by Gasteiger charge is -2.39. The summed E-state index contributed by atoms with van der Waals surface area (Å²) < 4.78 is 5.95. The second kappa shape index (κ2) is 6.55. The van der Waals surface area contributed by atoms with Crippen LogP contribution in [0.15, 0.2) is 0 Å². The molecule has 0 unspecified atom stereocenters. The molecule has 0 amide bonds. The maximum atomic E-state index is 9.98. The minimum Gasteiger partial charge on any atom is -0.385 e. The van der Waals surface area contributed by atoms with Crippen LogP contribution in [0.2, 0.25) is 0 Å². The molecule has 0 heterocycles. The number of rotatable bonds is 5. The van der Waals surface area contributed by atoms with Crippen molar-refractivity contribution >= 4 is 0 Å². The average Bonchev–Trinajstić information content (AvgIpc) is 2.19. The zero-order valence-electron chi connectivity index (χ0n) is 13.7. The lowest BCUT2D eigenvalue weighted by Crippen LogP contribution is -2.96. The van der Waals surface area contributed by atoms with Crippen molar-refractivity contribution in [3.63, 3.8) is 0 Å². The van der Waals surface area contributed by atoms with Gasteiger partial charge in [-0.2, -0.15) is 0 Å². The summed E-state index contributed by atoms with van der Waals surface area (Å²) in [6, 6.07) is 0. The Balaban J connectivity index is 2.28. The van der Waals surface area contributed by atoms with Gasteiger partial charge >= 0.3 is 0 Å². The molecule has 0 bridgehead atoms. The Bertz CT molecular complexity index is 270. The Morgan fingerprint density at radius 1 is 1.32 bits per heavy atom. The van der Waals surface area contributed by atoms with Gasteiger partial charge in [-0.15, -0.1) is 0 Å². The van der Waals surface area contributed by atoms with Crippen molar-refractivity contribution in [2.24, 2.45) is 11.3 Å². The van der Waals surface area contributed by atoms with Crippen molar-refractivity contribution in [2.75, 3.05) is 13.2 Å². The second-order valence-corrected chi connectivity index (χ2v) is 8.33. The summed E-state index contributed by atoms with van der Waals surface area (Å²) in [6.45, 7) is 14.6. The normalized spacial score (nSPS) is 29.2. The molecule has 0 aromatic carbocycles. The van der Waals surface area contributed by atoms with Gasteiger partial charge in [0.1, 0.15) is 12.6 Å². The SMILES string of the molecule is C[C@@H]1C[C@@H](OC[C@H](O)C[NH2+]C(C)(C)C)CC(C)(C)C1. The summed E-state index contributed by atoms with van der Waals surface area (Å²) in [7, 11) is 0. The Hall–Kier alpha value is -0.120. The van der Waals surface area contributed by atoms with Crippen LogP contribution >= 0.6 is 0 Å². The van der Waals surface area contributed by atoms with Crippen LogP contribution in [0.5, 0.6) is 0 Å². The van der Waals surface area contributed by atoms with Crippen molar-refractivity contribution in [1.82, 2.24) is 0 Å². The van der Waals surface area contributed by atoms with Crippen LogP contribution in [0.4, 0.5) is 0 Å². The van der Waals surface area contributed by atoms with Crippen molar-refractivity contribution in [3.05, 3.63) is 0 Å². The van der Waals surface area contributed by atoms with Crippen LogP contribution in [-0.4, -0.2) is 36.0 Å². The van der Waals surface area contributed by atoms with E-state index in [4.69, 9.17) is 4.74 Å². The molecule has 0 saturated heterocycles. The molecule has 0 radical (unpaired) electrons. The predicted octanol–water partition coefficient (Wildman–Crippen LogP) is 1.94. The number of aliphatic hydroxyl groups is 1. The molecule has 3 nitrogen and oxygen atoms in total. The number of aliphatic hydroxyl groups excluding tert-OH is 1. The standard InChI is InChI=1S/C16H33NO2/c1-12-7-14(9-16(5,6)8-12)19-11-13(18)10-17-15(2,3)4/h12-14,17-18H,7-11H2,1-6H3/p+1/t12-,13-,14-/m1/s1. The maximum absolute atomic E-state index is 9.98. The Labute approximate surface area is 119 Å². The summed E-state index contributed by atoms with van der Waals surface area (Å²) in [5.74, 6) is 0.729. The van der Waals surface area contributed by atoms with Crippen LogP contribution in [0.3, 0.4) is 0 Å². The third kappa shape index (κ3) is 7.28. The van der Waals surface area contributed by atoms with Gasteiger partial charge in [-0.3, -0.25) is 0 Å². The van der Waals surface area contributed by atoms with E-state index in [-0.39, 0.29) is 11.6 Å². The fraction of sp³-hybridized carbons (Fsp3) is 1.00. The molecule has 1 saturated carbocycles. The molecule has 0 spiro atoms. The summed E-state index contributed by atoms with van der Waals surface area (Å²) in [4.78, 5) is 0. The number of ether oxygens (including phenoxy) is 1. The Morgan fingerprint density at radius 3 is 2.47 bits per heavy atom. The van der Waals surface area contributed by atoms with E-state index in [0.29, 0.717) is 18.1 Å². The van der Waals surface area contributed by atoms with E-state index in [9.17, 15) is 5.11 Å². The third-order valence-corrected chi connectivity index (χ3v) is 3.87. The largest absolute Gasteiger partial charge is 0.385 e. The summed E-state index contributed by atoms with van der Waals surface area (Å²) >= 11 is 0. The van der Waals surface area contributed by atoms with Crippen molar-refractivity contribution < 1.29 is 15.2 Å². The molecule has 3 heteroatoms. The molecule has 114 valence electrons. The fourth-order valence-electron chi connectivity index (χ4n) is 3.19. The number of hydrogen-bond donors (Lipinski definition) is 2. The molecule has 3 atom stereocenters. The van der Waals surface area contributed by atoms with Crippen molar-refractivity contribution in [2.45, 2.75) is 78.6 Å². The highest BCUT2D eigenvalue weighted by molar-refractivity contribution is 4.83. The minimum atomic E-state index is -0.362. The van der Waals surface area contributed by atoms with E-state index in [1.165, 1.54) is 6.42 Å². The summed E-state index contributed by atoms with van der Waals surface area (Å²) in [5.41, 5.74) is 0.549. The van der Waals surface area contributed by atoms with Gasteiger partial charge in [0.05, 0.1) is 18.2 Å². The predicted molar refractivity (Wildman–Crippen MR) is 79.1 cm³/mol. The maximum Gasteiger partial charge on any atom is 0.126 e. The van der Waals surface area contributed by atoms with E-state index < -0.39 is 0 Å². The van der Waals surface area contributed by atoms with Gasteiger partial charge in [0.25, 0.3) is 0 Å². The first-order valence-electron chi connectivity index (χ1n) is 7.71. The zero-order chi connectivity index (χ0) is 14.7. The van der Waals surface area contributed by atoms with Gasteiger partial charge in [-0.1, -0.05) is 20.8 Å². The topological polar surface area (TPSA) is 46.1 Å². The van der Waals surface area contributed by atoms with Crippen LogP contribution in [-0.2, 0) is 4.74 Å². The van der Waals surface area contributed by atoms with Crippen LogP contribution in [0.25, 0.3) is 0 Å². The van der Waals surface area contributed by atoms with E-state index in [1.54, 1.807) is 0 Å². The van der Waals surface area contributed by atoms with Gasteiger partial charge in [-0.25, -0.2) is 0 Å². The molecular formula is C16H34NO2+. The first-order valence-corrected chi connectivity index (χ1v) is 7.71. The highest BCUT2D eigenvalue weighted by atomic mass is 16.5. The first kappa shape index (κ1) is 16.9. The lowest BCUT2D eigenvalue weighted by molar-refractivity contribution is -0.722. The number of hydrogen-bond acceptors (Lipinski definition) is 2. The third-order valence-electron chi connectivity index (χ3n) is 3.87. The molecule has 0 aliphatic heterocycles. The molecular weight excluding hydrogens is 238 g/mol. The summed E-state index contributed by atoms with van der Waals surface area (Å²) in [5, 5.41) is 12.2. The highest BCUT2D eigenvalue weighted by Crippen LogP contribution is 2.39. The Kier molecular flexibility index (Phi) is 5.84. The monoisotopic (exact) mass is 272 g/mol. The number of nitrogens with two attached hydrogens (primary N) is 1. The molecule has 0 aromatic rings. The van der Waals surface area contributed by atoms with Crippen LogP contribution < -0.4 is 5.32 Å². The molecule has 0 aromatic heterocycles. The van der Waals surface area contributed by atoms with Crippen molar-refractivity contribution in [1.29, 1.82) is 0 Å². The molecule has 1 aliphatic carbocycles. The van der Waals surface area contributed by atoms with Gasteiger partial charge in [-0.05, 0) is 51.4 Å². The molecule has 1 fully saturated rings. The average molecular weight is 272 g/mol. The Morgan fingerprint density at radius 2 is 1.95 bits per heavy atom. The quantitative estimate of drug-likeness (QED) is 0.803. The van der Waals surface area contributed by atoms with Crippen molar-refractivity contribution in [3.8, 4) is 0 Å². The molecule has 19 heavy (non-hydrogen) atoms. The second-order valence-electron chi connectivity index (χ2n) is 8.33. The van der Waals surface area contributed by atoms with E-state index in [2.05, 4.69) is 46.9 Å². The first-order chi connectivity index (χ1) is 8.57. The molecule has 1 rings (SSSR count). The molecule has 1 aliphatic rings. The fourth-order valence-corrected chi connectivity index (χ4v) is 3.19. The lowest BCUT2D eigenvalue weighted by atomic mass is 9.71. The number of quaternary nitrogens is 1. The van der Waals surface area contributed by atoms with E-state index >= 15 is 0 Å². The van der Waals surface area contributed by atoms with Gasteiger partial charge in [0, 0.05) is 0 Å². The van der Waals surface area contributed by atoms with Crippen LogP contribution in [0, 0.1) is 11.3 Å². The van der Waals surface area contributed by atoms with Gasteiger partial charge in [0.15, 0.2) is 0 Å². The minimum absolute atomic E-state index is 0.169. The van der Waals surface area contributed by atoms with E-state index in [0.717, 1.165) is 25.3 Å². The van der Waals surface area contributed by atoms with Crippen LogP contribution in [0.1, 0.15) is 60.8 Å².